The minimum absolute atomic E-state index is 0.0166. The van der Waals surface area contributed by atoms with Gasteiger partial charge in [-0.05, 0) is 37.5 Å². The first kappa shape index (κ1) is 25.2. The quantitative estimate of drug-likeness (QED) is 0.450. The summed E-state index contributed by atoms with van der Waals surface area (Å²) in [5, 5.41) is 3.03. The third-order valence-electron chi connectivity index (χ3n) is 6.01. The van der Waals surface area contributed by atoms with Gasteiger partial charge in [-0.2, -0.15) is 0 Å². The highest BCUT2D eigenvalue weighted by atomic mass is 19.1. The first-order chi connectivity index (χ1) is 16.4. The molecule has 3 aromatic carbocycles. The van der Waals surface area contributed by atoms with E-state index in [9.17, 15) is 14.0 Å². The summed E-state index contributed by atoms with van der Waals surface area (Å²) in [7, 11) is 0. The average Bonchev–Trinajstić information content (AvgIpc) is 2.82. The largest absolute Gasteiger partial charge is 0.352 e. The maximum atomic E-state index is 14.6. The molecule has 3 rings (SSSR count). The fourth-order valence-electron chi connectivity index (χ4n) is 3.90. The number of nitrogens with zero attached hydrogens (tertiary/aromatic N) is 1. The molecule has 5 heteroatoms. The molecule has 1 N–H and O–H groups in total. The average molecular weight is 461 g/mol. The van der Waals surface area contributed by atoms with Gasteiger partial charge in [0.2, 0.25) is 11.8 Å². The second-order valence-corrected chi connectivity index (χ2v) is 8.80. The summed E-state index contributed by atoms with van der Waals surface area (Å²) < 4.78 is 14.6. The minimum Gasteiger partial charge on any atom is -0.352 e. The second-order valence-electron chi connectivity index (χ2n) is 8.80. The van der Waals surface area contributed by atoms with Crippen LogP contribution in [0.1, 0.15) is 42.5 Å². The SMILES string of the molecule is CC[C@H](C)NC(=O)[C@@H](Cc1ccccc1)N(Cc1ccccc1F)C(=O)Cc1cccc(C)c1. The van der Waals surface area contributed by atoms with Crippen LogP contribution in [0.3, 0.4) is 0 Å². The van der Waals surface area contributed by atoms with E-state index in [1.165, 1.54) is 11.0 Å². The molecular formula is C29H33FN2O2. The molecule has 2 atom stereocenters. The summed E-state index contributed by atoms with van der Waals surface area (Å²) in [6, 6.07) is 23.0. The number of halogens is 1. The maximum Gasteiger partial charge on any atom is 0.243 e. The number of benzene rings is 3. The Bertz CT molecular complexity index is 1100. The standard InChI is InChI=1S/C29H33FN2O2/c1-4-22(3)31-29(34)27(18-23-12-6-5-7-13-23)32(20-25-15-8-9-16-26(25)30)28(33)19-24-14-10-11-21(2)17-24/h5-17,22,27H,4,18-20H2,1-3H3,(H,31,34)/t22-,27+/m0/s1. The normalized spacial score (nSPS) is 12.6. The highest BCUT2D eigenvalue weighted by molar-refractivity contribution is 5.89. The van der Waals surface area contributed by atoms with Crippen LogP contribution < -0.4 is 5.32 Å². The molecule has 0 saturated carbocycles. The van der Waals surface area contributed by atoms with Crippen molar-refractivity contribution in [3.63, 3.8) is 0 Å². The minimum atomic E-state index is -0.770. The van der Waals surface area contributed by atoms with E-state index in [2.05, 4.69) is 5.32 Å². The first-order valence-electron chi connectivity index (χ1n) is 11.8. The molecule has 2 amide bonds. The monoisotopic (exact) mass is 460 g/mol. The third kappa shape index (κ3) is 7.01. The molecule has 3 aromatic rings. The topological polar surface area (TPSA) is 49.4 Å². The molecule has 34 heavy (non-hydrogen) atoms. The molecule has 4 nitrogen and oxygen atoms in total. The smallest absolute Gasteiger partial charge is 0.243 e. The van der Waals surface area contributed by atoms with E-state index in [0.29, 0.717) is 12.0 Å². The number of nitrogens with one attached hydrogen (secondary N) is 1. The predicted octanol–water partition coefficient (Wildman–Crippen LogP) is 5.23. The van der Waals surface area contributed by atoms with E-state index in [4.69, 9.17) is 0 Å². The van der Waals surface area contributed by atoms with Crippen LogP contribution in [0.15, 0.2) is 78.9 Å². The number of rotatable bonds is 10. The molecule has 0 heterocycles. The lowest BCUT2D eigenvalue weighted by molar-refractivity contribution is -0.141. The zero-order chi connectivity index (χ0) is 24.5. The number of carbonyl (C=O) groups is 2. The summed E-state index contributed by atoms with van der Waals surface area (Å²) in [5.41, 5.74) is 3.24. The summed E-state index contributed by atoms with van der Waals surface area (Å²) in [6.45, 7) is 5.93. The molecular weight excluding hydrogens is 427 g/mol. The van der Waals surface area contributed by atoms with Crippen molar-refractivity contribution in [2.75, 3.05) is 0 Å². The van der Waals surface area contributed by atoms with Gasteiger partial charge >= 0.3 is 0 Å². The molecule has 0 unspecified atom stereocenters. The van der Waals surface area contributed by atoms with Crippen molar-refractivity contribution in [3.8, 4) is 0 Å². The third-order valence-corrected chi connectivity index (χ3v) is 6.01. The van der Waals surface area contributed by atoms with Crippen molar-refractivity contribution in [1.29, 1.82) is 0 Å². The van der Waals surface area contributed by atoms with Gasteiger partial charge in [0.15, 0.2) is 0 Å². The van der Waals surface area contributed by atoms with E-state index in [0.717, 1.165) is 23.1 Å². The summed E-state index contributed by atoms with van der Waals surface area (Å²) in [5.74, 6) is -0.835. The molecule has 0 aliphatic heterocycles. The lowest BCUT2D eigenvalue weighted by Gasteiger charge is -2.32. The van der Waals surface area contributed by atoms with Gasteiger partial charge in [0.25, 0.3) is 0 Å². The van der Waals surface area contributed by atoms with E-state index in [1.54, 1.807) is 18.2 Å². The van der Waals surface area contributed by atoms with Crippen molar-refractivity contribution in [3.05, 3.63) is 107 Å². The number of carbonyl (C=O) groups excluding carboxylic acids is 2. The van der Waals surface area contributed by atoms with Gasteiger partial charge in [-0.15, -0.1) is 0 Å². The number of amides is 2. The molecule has 0 bridgehead atoms. The van der Waals surface area contributed by atoms with Gasteiger partial charge in [0, 0.05) is 24.6 Å². The van der Waals surface area contributed by atoms with Gasteiger partial charge in [-0.25, -0.2) is 4.39 Å². The Labute approximate surface area is 201 Å². The van der Waals surface area contributed by atoms with E-state index in [-0.39, 0.29) is 30.8 Å². The van der Waals surface area contributed by atoms with Gasteiger partial charge in [0.1, 0.15) is 11.9 Å². The van der Waals surface area contributed by atoms with Crippen molar-refractivity contribution >= 4 is 11.8 Å². The van der Waals surface area contributed by atoms with Gasteiger partial charge in [-0.3, -0.25) is 9.59 Å². The van der Waals surface area contributed by atoms with Crippen molar-refractivity contribution in [2.45, 2.75) is 58.7 Å². The van der Waals surface area contributed by atoms with E-state index >= 15 is 0 Å². The molecule has 0 fully saturated rings. The molecule has 178 valence electrons. The highest BCUT2D eigenvalue weighted by Crippen LogP contribution is 2.19. The fourth-order valence-corrected chi connectivity index (χ4v) is 3.90. The van der Waals surface area contributed by atoms with Gasteiger partial charge < -0.3 is 10.2 Å². The molecule has 0 radical (unpaired) electrons. The summed E-state index contributed by atoms with van der Waals surface area (Å²) >= 11 is 0. The number of hydrogen-bond acceptors (Lipinski definition) is 2. The number of aryl methyl sites for hydroxylation is 1. The van der Waals surface area contributed by atoms with Crippen molar-refractivity contribution in [1.82, 2.24) is 10.2 Å². The van der Waals surface area contributed by atoms with Crippen LogP contribution >= 0.6 is 0 Å². The highest BCUT2D eigenvalue weighted by Gasteiger charge is 2.31. The zero-order valence-electron chi connectivity index (χ0n) is 20.1. The van der Waals surface area contributed by atoms with Gasteiger partial charge in [0.05, 0.1) is 6.42 Å². The fraction of sp³-hybridized carbons (Fsp3) is 0.310. The van der Waals surface area contributed by atoms with Crippen LogP contribution in [0.4, 0.5) is 4.39 Å². The summed E-state index contributed by atoms with van der Waals surface area (Å²) in [6.07, 6.45) is 1.25. The van der Waals surface area contributed by atoms with Crippen molar-refractivity contribution < 1.29 is 14.0 Å². The Hall–Kier alpha value is -3.47. The molecule has 0 aliphatic rings. The molecule has 0 saturated heterocycles. The van der Waals surface area contributed by atoms with Crippen LogP contribution in [0.2, 0.25) is 0 Å². The first-order valence-corrected chi connectivity index (χ1v) is 11.8. The Balaban J connectivity index is 1.98. The predicted molar refractivity (Wildman–Crippen MR) is 134 cm³/mol. The van der Waals surface area contributed by atoms with Crippen LogP contribution in [0.25, 0.3) is 0 Å². The summed E-state index contributed by atoms with van der Waals surface area (Å²) in [4.78, 5) is 28.6. The second kappa shape index (κ2) is 12.1. The Morgan fingerprint density at radius 1 is 0.941 bits per heavy atom. The van der Waals surface area contributed by atoms with E-state index < -0.39 is 11.9 Å². The van der Waals surface area contributed by atoms with Crippen LogP contribution in [-0.4, -0.2) is 28.8 Å². The van der Waals surface area contributed by atoms with Crippen molar-refractivity contribution in [2.24, 2.45) is 0 Å². The van der Waals surface area contributed by atoms with Gasteiger partial charge in [-0.1, -0.05) is 85.3 Å². The lowest BCUT2D eigenvalue weighted by atomic mass is 10.0. The maximum absolute atomic E-state index is 14.6. The van der Waals surface area contributed by atoms with E-state index in [1.807, 2.05) is 75.4 Å². The van der Waals surface area contributed by atoms with Crippen LogP contribution in [0, 0.1) is 12.7 Å². The van der Waals surface area contributed by atoms with Crippen LogP contribution in [-0.2, 0) is 29.0 Å². The zero-order valence-corrected chi connectivity index (χ0v) is 20.1. The Kier molecular flexibility index (Phi) is 8.97. The van der Waals surface area contributed by atoms with Crippen LogP contribution in [0.5, 0.6) is 0 Å². The molecule has 0 aliphatic carbocycles. The number of hydrogen-bond donors (Lipinski definition) is 1. The molecule has 0 spiro atoms. The molecule has 0 aromatic heterocycles. The Morgan fingerprint density at radius 2 is 1.62 bits per heavy atom. The Morgan fingerprint density at radius 3 is 2.29 bits per heavy atom. The lowest BCUT2D eigenvalue weighted by Crippen LogP contribution is -2.52.